The van der Waals surface area contributed by atoms with Crippen LogP contribution in [0.15, 0.2) is 18.2 Å². The van der Waals surface area contributed by atoms with E-state index in [9.17, 15) is 9.90 Å². The molecule has 17 heavy (non-hydrogen) atoms. The molecule has 1 amide bonds. The number of anilines is 1. The summed E-state index contributed by atoms with van der Waals surface area (Å²) in [5.74, 6) is 0.227. The number of nitrogen functional groups attached to an aromatic ring is 1. The van der Waals surface area contributed by atoms with Gasteiger partial charge in [0, 0.05) is 22.3 Å². The average molecular weight is 254 g/mol. The van der Waals surface area contributed by atoms with Gasteiger partial charge in [-0.15, -0.1) is 0 Å². The van der Waals surface area contributed by atoms with Crippen molar-refractivity contribution >= 4 is 23.4 Å². The molecule has 1 aromatic rings. The highest BCUT2D eigenvalue weighted by atomic mass is 32.2. The van der Waals surface area contributed by atoms with Gasteiger partial charge in [0.1, 0.15) is 0 Å². The predicted molar refractivity (Wildman–Crippen MR) is 71.8 cm³/mol. The van der Waals surface area contributed by atoms with E-state index in [0.29, 0.717) is 17.0 Å². The minimum Gasteiger partial charge on any atom is -0.398 e. The summed E-state index contributed by atoms with van der Waals surface area (Å²) in [4.78, 5) is 10.9. The van der Waals surface area contributed by atoms with E-state index in [1.807, 2.05) is 6.92 Å². The fraction of sp³-hybridized carbons (Fsp3) is 0.417. The Morgan fingerprint density at radius 1 is 1.47 bits per heavy atom. The lowest BCUT2D eigenvalue weighted by Crippen LogP contribution is -2.15. The lowest BCUT2D eigenvalue weighted by molar-refractivity contribution is 0.100. The van der Waals surface area contributed by atoms with Gasteiger partial charge in [-0.3, -0.25) is 4.79 Å². The molecule has 0 aliphatic rings. The molecular formula is C12H18N2O2S. The summed E-state index contributed by atoms with van der Waals surface area (Å²) in [6.45, 7) is 3.72. The molecule has 0 fully saturated rings. The van der Waals surface area contributed by atoms with Gasteiger partial charge >= 0.3 is 0 Å². The number of aliphatic hydroxyl groups is 1. The fourth-order valence-electron chi connectivity index (χ4n) is 1.24. The van der Waals surface area contributed by atoms with Gasteiger partial charge in [0.25, 0.3) is 0 Å². The van der Waals surface area contributed by atoms with Gasteiger partial charge in [0.15, 0.2) is 0 Å². The zero-order valence-corrected chi connectivity index (χ0v) is 10.8. The number of hydrogen-bond acceptors (Lipinski definition) is 4. The highest BCUT2D eigenvalue weighted by Gasteiger charge is 2.11. The second-order valence-electron chi connectivity index (χ2n) is 4.03. The molecule has 94 valence electrons. The van der Waals surface area contributed by atoms with E-state index in [1.54, 1.807) is 36.9 Å². The number of nitrogens with two attached hydrogens (primary N) is 2. The van der Waals surface area contributed by atoms with E-state index in [0.717, 1.165) is 5.56 Å². The molecule has 0 aromatic heterocycles. The summed E-state index contributed by atoms with van der Waals surface area (Å²) in [6, 6.07) is 5.06. The molecule has 1 aromatic carbocycles. The minimum atomic E-state index is -0.478. The molecule has 0 saturated carbocycles. The van der Waals surface area contributed by atoms with Crippen molar-refractivity contribution in [2.24, 2.45) is 5.73 Å². The number of aliphatic hydroxyl groups excluding tert-OH is 1. The zero-order chi connectivity index (χ0) is 13.0. The third kappa shape index (κ3) is 3.94. The van der Waals surface area contributed by atoms with E-state index in [4.69, 9.17) is 11.5 Å². The van der Waals surface area contributed by atoms with Crippen LogP contribution in [0.4, 0.5) is 5.69 Å². The molecule has 0 aliphatic heterocycles. The molecule has 2 atom stereocenters. The van der Waals surface area contributed by atoms with E-state index in [2.05, 4.69) is 0 Å². The Morgan fingerprint density at radius 3 is 2.59 bits per heavy atom. The summed E-state index contributed by atoms with van der Waals surface area (Å²) in [7, 11) is 0. The number of rotatable bonds is 5. The number of hydrogen-bond donors (Lipinski definition) is 3. The minimum absolute atomic E-state index is 0.144. The van der Waals surface area contributed by atoms with Crippen molar-refractivity contribution in [2.75, 3.05) is 5.73 Å². The largest absolute Gasteiger partial charge is 0.398 e. The van der Waals surface area contributed by atoms with Crippen LogP contribution in [-0.4, -0.2) is 22.4 Å². The van der Waals surface area contributed by atoms with Crippen molar-refractivity contribution in [2.45, 2.75) is 31.0 Å². The zero-order valence-electron chi connectivity index (χ0n) is 10.0. The molecule has 0 spiro atoms. The molecule has 0 heterocycles. The Morgan fingerprint density at radius 2 is 2.12 bits per heavy atom. The van der Waals surface area contributed by atoms with Gasteiger partial charge < -0.3 is 16.6 Å². The molecule has 4 nitrogen and oxygen atoms in total. The second-order valence-corrected chi connectivity index (χ2v) is 5.40. The maximum Gasteiger partial charge on any atom is 0.248 e. The summed E-state index contributed by atoms with van der Waals surface area (Å²) in [6.07, 6.45) is -0.355. The molecule has 2 unspecified atom stereocenters. The van der Waals surface area contributed by atoms with Gasteiger partial charge in [-0.1, -0.05) is 13.0 Å². The number of carbonyl (C=O) groups is 1. The third-order valence-electron chi connectivity index (χ3n) is 2.61. The van der Waals surface area contributed by atoms with Crippen molar-refractivity contribution < 1.29 is 9.90 Å². The number of benzene rings is 1. The SMILES string of the molecule is CC(O)C(C)SCc1ccc(C(N)=O)cc1N. The fourth-order valence-corrected chi connectivity index (χ4v) is 2.22. The summed E-state index contributed by atoms with van der Waals surface area (Å²) < 4.78 is 0. The molecule has 0 bridgehead atoms. The van der Waals surface area contributed by atoms with E-state index < -0.39 is 5.91 Å². The Bertz CT molecular complexity index is 407. The van der Waals surface area contributed by atoms with Gasteiger partial charge in [0.05, 0.1) is 6.10 Å². The number of carbonyl (C=O) groups excluding carboxylic acids is 1. The lowest BCUT2D eigenvalue weighted by atomic mass is 10.1. The summed E-state index contributed by atoms with van der Waals surface area (Å²) in [5, 5.41) is 9.52. The normalized spacial score (nSPS) is 14.3. The van der Waals surface area contributed by atoms with Gasteiger partial charge in [-0.05, 0) is 24.6 Å². The molecule has 5 N–H and O–H groups in total. The predicted octanol–water partition coefficient (Wildman–Crippen LogP) is 1.37. The van der Waals surface area contributed by atoms with Gasteiger partial charge in [-0.2, -0.15) is 11.8 Å². The first kappa shape index (κ1) is 13.9. The average Bonchev–Trinajstić information content (AvgIpc) is 2.26. The first-order chi connectivity index (χ1) is 7.91. The topological polar surface area (TPSA) is 89.3 Å². The van der Waals surface area contributed by atoms with Crippen LogP contribution < -0.4 is 11.5 Å². The van der Waals surface area contributed by atoms with Crippen molar-refractivity contribution in [3.8, 4) is 0 Å². The Labute approximate surface area is 105 Å². The summed E-state index contributed by atoms with van der Waals surface area (Å²) >= 11 is 1.62. The van der Waals surface area contributed by atoms with Crippen LogP contribution >= 0.6 is 11.8 Å². The van der Waals surface area contributed by atoms with Crippen LogP contribution in [0.25, 0.3) is 0 Å². The number of primary amides is 1. The van der Waals surface area contributed by atoms with Crippen molar-refractivity contribution in [1.29, 1.82) is 0 Å². The molecule has 0 saturated heterocycles. The van der Waals surface area contributed by atoms with Gasteiger partial charge in [-0.25, -0.2) is 0 Å². The van der Waals surface area contributed by atoms with Crippen LogP contribution in [-0.2, 0) is 5.75 Å². The van der Waals surface area contributed by atoms with Crippen LogP contribution in [0, 0.1) is 0 Å². The highest BCUT2D eigenvalue weighted by molar-refractivity contribution is 7.99. The smallest absolute Gasteiger partial charge is 0.248 e. The third-order valence-corrected chi connectivity index (χ3v) is 4.01. The number of amides is 1. The summed E-state index contributed by atoms with van der Waals surface area (Å²) in [5.41, 5.74) is 12.9. The monoisotopic (exact) mass is 254 g/mol. The maximum atomic E-state index is 10.9. The molecule has 0 aliphatic carbocycles. The Hall–Kier alpha value is -1.20. The first-order valence-electron chi connectivity index (χ1n) is 5.39. The second kappa shape index (κ2) is 5.93. The standard InChI is InChI=1S/C12H18N2O2S/c1-7(15)8(2)17-6-10-4-3-9(12(14)16)5-11(10)13/h3-5,7-8,15H,6,13H2,1-2H3,(H2,14,16). The first-order valence-corrected chi connectivity index (χ1v) is 6.44. The maximum absolute atomic E-state index is 10.9. The van der Waals surface area contributed by atoms with Crippen molar-refractivity contribution in [3.05, 3.63) is 29.3 Å². The van der Waals surface area contributed by atoms with Crippen LogP contribution in [0.1, 0.15) is 29.8 Å². The molecular weight excluding hydrogens is 236 g/mol. The van der Waals surface area contributed by atoms with Crippen molar-refractivity contribution in [3.63, 3.8) is 0 Å². The number of thioether (sulfide) groups is 1. The van der Waals surface area contributed by atoms with Crippen LogP contribution in [0.5, 0.6) is 0 Å². The van der Waals surface area contributed by atoms with E-state index >= 15 is 0 Å². The Kier molecular flexibility index (Phi) is 4.84. The molecule has 1 rings (SSSR count). The van der Waals surface area contributed by atoms with Gasteiger partial charge in [0.2, 0.25) is 5.91 Å². The lowest BCUT2D eigenvalue weighted by Gasteiger charge is -2.14. The van der Waals surface area contributed by atoms with Crippen LogP contribution in [0.2, 0.25) is 0 Å². The highest BCUT2D eigenvalue weighted by Crippen LogP contribution is 2.24. The van der Waals surface area contributed by atoms with Crippen molar-refractivity contribution in [1.82, 2.24) is 0 Å². The molecule has 5 heteroatoms. The quantitative estimate of drug-likeness (QED) is 0.692. The Balaban J connectivity index is 2.70. The van der Waals surface area contributed by atoms with E-state index in [1.165, 1.54) is 0 Å². The molecule has 0 radical (unpaired) electrons. The van der Waals surface area contributed by atoms with Crippen LogP contribution in [0.3, 0.4) is 0 Å². The van der Waals surface area contributed by atoms with E-state index in [-0.39, 0.29) is 11.4 Å².